The van der Waals surface area contributed by atoms with E-state index < -0.39 is 17.5 Å². The van der Waals surface area contributed by atoms with E-state index >= 15 is 0 Å². The molecule has 0 amide bonds. The van der Waals surface area contributed by atoms with Gasteiger partial charge in [0.15, 0.2) is 11.6 Å². The van der Waals surface area contributed by atoms with Gasteiger partial charge in [-0.1, -0.05) is 5.16 Å². The second-order valence-corrected chi connectivity index (χ2v) is 6.79. The number of thiazole rings is 1. The molecule has 0 fully saturated rings. The predicted octanol–water partition coefficient (Wildman–Crippen LogP) is 3.79. The number of rotatable bonds is 3. The van der Waals surface area contributed by atoms with Crippen LogP contribution in [-0.2, 0) is 12.8 Å². The van der Waals surface area contributed by atoms with Gasteiger partial charge >= 0.3 is 0 Å². The van der Waals surface area contributed by atoms with Gasteiger partial charge in [-0.15, -0.1) is 11.3 Å². The number of aryl methyl sites for hydroxylation is 1. The maximum absolute atomic E-state index is 13.3. The third kappa shape index (κ3) is 2.39. The van der Waals surface area contributed by atoms with Crippen molar-refractivity contribution < 1.29 is 13.7 Å². The fraction of sp³-hybridized carbons (Fsp3) is 0.294. The highest BCUT2D eigenvalue weighted by atomic mass is 32.1. The van der Waals surface area contributed by atoms with Gasteiger partial charge in [-0.2, -0.15) is 5.26 Å². The number of fused-ring (bicyclic) bond motifs is 2. The number of ketones is 1. The van der Waals surface area contributed by atoms with Gasteiger partial charge in [0.25, 0.3) is 0 Å². The summed E-state index contributed by atoms with van der Waals surface area (Å²) in [4.78, 5) is 17.1. The maximum Gasteiger partial charge on any atom is 0.209 e. The van der Waals surface area contributed by atoms with E-state index in [0.717, 1.165) is 41.7 Å². The van der Waals surface area contributed by atoms with Crippen LogP contribution in [0, 0.1) is 17.1 Å². The van der Waals surface area contributed by atoms with E-state index in [1.807, 2.05) is 6.07 Å². The molecule has 2 heterocycles. The molecule has 5 nitrogen and oxygen atoms in total. The van der Waals surface area contributed by atoms with Crippen molar-refractivity contribution in [2.75, 3.05) is 0 Å². The van der Waals surface area contributed by atoms with Crippen molar-refractivity contribution in [1.82, 2.24) is 10.1 Å². The lowest BCUT2D eigenvalue weighted by molar-refractivity contribution is 0.0969. The summed E-state index contributed by atoms with van der Waals surface area (Å²) in [6.07, 6.45) is 3.50. The van der Waals surface area contributed by atoms with Crippen LogP contribution in [0.15, 0.2) is 22.7 Å². The molecule has 24 heavy (non-hydrogen) atoms. The predicted molar refractivity (Wildman–Crippen MR) is 85.4 cm³/mol. The first-order valence-corrected chi connectivity index (χ1v) is 8.46. The summed E-state index contributed by atoms with van der Waals surface area (Å²) in [6.45, 7) is 0. The van der Waals surface area contributed by atoms with Crippen LogP contribution in [0.5, 0.6) is 0 Å². The number of hydrogen-bond acceptors (Lipinski definition) is 6. The minimum absolute atomic E-state index is 0.238. The quantitative estimate of drug-likeness (QED) is 0.677. The number of aromatic nitrogens is 2. The second-order valence-electron chi connectivity index (χ2n) is 5.73. The number of halogens is 1. The van der Waals surface area contributed by atoms with Crippen molar-refractivity contribution in [2.45, 2.75) is 31.6 Å². The molecule has 2 aromatic heterocycles. The molecule has 0 spiro atoms. The number of carbonyl (C=O) groups is 1. The van der Waals surface area contributed by atoms with Gasteiger partial charge in [-0.05, 0) is 31.4 Å². The van der Waals surface area contributed by atoms with Crippen LogP contribution >= 0.6 is 11.3 Å². The maximum atomic E-state index is 13.3. The van der Waals surface area contributed by atoms with Crippen molar-refractivity contribution >= 4 is 27.3 Å². The highest BCUT2D eigenvalue weighted by molar-refractivity contribution is 7.18. The fourth-order valence-corrected chi connectivity index (χ4v) is 3.98. The van der Waals surface area contributed by atoms with Crippen molar-refractivity contribution in [2.24, 2.45) is 0 Å². The number of nitrogens with zero attached hydrogens (tertiary/aromatic N) is 3. The molecular weight excluding hydrogens is 329 g/mol. The van der Waals surface area contributed by atoms with Crippen LogP contribution in [0.25, 0.3) is 10.2 Å². The second kappa shape index (κ2) is 5.80. The summed E-state index contributed by atoms with van der Waals surface area (Å²) in [5.74, 6) is -1.11. The lowest BCUT2D eigenvalue weighted by atomic mass is 9.92. The molecular formula is C17H12FN3O2S. The topological polar surface area (TPSA) is 79.8 Å². The van der Waals surface area contributed by atoms with E-state index in [4.69, 9.17) is 4.52 Å². The molecule has 0 N–H and O–H groups in total. The van der Waals surface area contributed by atoms with E-state index in [0.29, 0.717) is 10.5 Å². The molecule has 0 bridgehead atoms. The zero-order chi connectivity index (χ0) is 16.7. The average Bonchev–Trinajstić information content (AvgIpc) is 3.18. The first-order chi connectivity index (χ1) is 11.7. The lowest BCUT2D eigenvalue weighted by Gasteiger charge is -2.09. The normalized spacial score (nSPS) is 15.0. The van der Waals surface area contributed by atoms with Crippen LogP contribution in [0.4, 0.5) is 4.39 Å². The molecule has 1 aromatic carbocycles. The molecule has 0 radical (unpaired) electrons. The number of carbonyl (C=O) groups excluding carboxylic acids is 1. The summed E-state index contributed by atoms with van der Waals surface area (Å²) in [6, 6.07) is 6.24. The molecule has 7 heteroatoms. The number of hydrogen-bond donors (Lipinski definition) is 0. The summed E-state index contributed by atoms with van der Waals surface area (Å²) in [5, 5.41) is 13.8. The van der Waals surface area contributed by atoms with Crippen LogP contribution in [-0.4, -0.2) is 15.9 Å². The van der Waals surface area contributed by atoms with E-state index in [2.05, 4.69) is 10.1 Å². The Morgan fingerprint density at radius 3 is 3.04 bits per heavy atom. The number of benzene rings is 1. The Morgan fingerprint density at radius 2 is 2.21 bits per heavy atom. The highest BCUT2D eigenvalue weighted by Crippen LogP contribution is 2.32. The van der Waals surface area contributed by atoms with Gasteiger partial charge in [0.05, 0.1) is 16.3 Å². The average molecular weight is 341 g/mol. The Labute approximate surface area is 140 Å². The lowest BCUT2D eigenvalue weighted by Crippen LogP contribution is -2.14. The molecule has 3 aromatic rings. The van der Waals surface area contributed by atoms with E-state index in [1.54, 1.807) is 6.07 Å². The SMILES string of the molecule is N#C[C@@H](C(=O)c1noc2c1CCCC2)c1nc2cc(F)ccc2s1. The third-order valence-corrected chi connectivity index (χ3v) is 5.29. The summed E-state index contributed by atoms with van der Waals surface area (Å²) >= 11 is 1.22. The fourth-order valence-electron chi connectivity index (χ4n) is 2.98. The zero-order valence-electron chi connectivity index (χ0n) is 12.6. The van der Waals surface area contributed by atoms with Gasteiger partial charge in [0.1, 0.15) is 16.6 Å². The van der Waals surface area contributed by atoms with Gasteiger partial charge in [0.2, 0.25) is 5.78 Å². The monoisotopic (exact) mass is 341 g/mol. The Balaban J connectivity index is 1.73. The van der Waals surface area contributed by atoms with E-state index in [9.17, 15) is 14.4 Å². The van der Waals surface area contributed by atoms with Crippen LogP contribution < -0.4 is 0 Å². The van der Waals surface area contributed by atoms with Crippen molar-refractivity contribution in [1.29, 1.82) is 5.26 Å². The van der Waals surface area contributed by atoms with Crippen LogP contribution in [0.3, 0.4) is 0 Å². The standard InChI is InChI=1S/C17H12FN3O2S/c18-9-5-6-14-12(7-9)20-17(24-14)11(8-19)16(22)15-10-3-1-2-4-13(10)23-21-15/h5-7,11H,1-4H2/t11-/m0/s1. The Bertz CT molecular complexity index is 986. The van der Waals surface area contributed by atoms with Gasteiger partial charge in [-0.25, -0.2) is 9.37 Å². The molecule has 0 unspecified atom stereocenters. The minimum Gasteiger partial charge on any atom is -0.360 e. The summed E-state index contributed by atoms with van der Waals surface area (Å²) in [5.41, 5.74) is 1.51. The highest BCUT2D eigenvalue weighted by Gasteiger charge is 2.32. The van der Waals surface area contributed by atoms with Crippen molar-refractivity contribution in [3.05, 3.63) is 46.0 Å². The molecule has 1 atom stereocenters. The molecule has 4 rings (SSSR count). The Morgan fingerprint density at radius 1 is 1.38 bits per heavy atom. The number of nitriles is 1. The van der Waals surface area contributed by atoms with Crippen molar-refractivity contribution in [3.8, 4) is 6.07 Å². The van der Waals surface area contributed by atoms with E-state index in [-0.39, 0.29) is 5.69 Å². The first-order valence-electron chi connectivity index (χ1n) is 7.64. The smallest absolute Gasteiger partial charge is 0.209 e. The van der Waals surface area contributed by atoms with E-state index in [1.165, 1.54) is 23.5 Å². The molecule has 0 aliphatic heterocycles. The molecule has 1 aliphatic rings. The molecule has 0 saturated carbocycles. The molecule has 0 saturated heterocycles. The van der Waals surface area contributed by atoms with Gasteiger partial charge in [0, 0.05) is 18.1 Å². The Hall–Kier alpha value is -2.59. The van der Waals surface area contributed by atoms with Gasteiger partial charge < -0.3 is 4.52 Å². The summed E-state index contributed by atoms with van der Waals surface area (Å²) in [7, 11) is 0. The van der Waals surface area contributed by atoms with Crippen LogP contribution in [0.2, 0.25) is 0 Å². The van der Waals surface area contributed by atoms with Crippen LogP contribution in [0.1, 0.15) is 45.6 Å². The third-order valence-electron chi connectivity index (χ3n) is 4.19. The Kier molecular flexibility index (Phi) is 3.62. The minimum atomic E-state index is -1.05. The molecule has 120 valence electrons. The zero-order valence-corrected chi connectivity index (χ0v) is 13.4. The molecule has 1 aliphatic carbocycles. The first kappa shape index (κ1) is 15.0. The number of Topliss-reactive ketones (excluding diaryl/α,β-unsaturated/α-hetero) is 1. The van der Waals surface area contributed by atoms with Gasteiger partial charge in [-0.3, -0.25) is 4.79 Å². The van der Waals surface area contributed by atoms with Crippen molar-refractivity contribution in [3.63, 3.8) is 0 Å². The largest absolute Gasteiger partial charge is 0.360 e. The summed E-state index contributed by atoms with van der Waals surface area (Å²) < 4.78 is 19.3.